The highest BCUT2D eigenvalue weighted by Gasteiger charge is 2.21. The summed E-state index contributed by atoms with van der Waals surface area (Å²) >= 11 is 12.3. The van der Waals surface area contributed by atoms with E-state index in [2.05, 4.69) is 24.1 Å². The number of halogens is 2. The molecule has 1 aliphatic heterocycles. The Hall–Kier alpha value is -2.24. The van der Waals surface area contributed by atoms with Gasteiger partial charge in [-0.3, -0.25) is 9.59 Å². The summed E-state index contributed by atoms with van der Waals surface area (Å²) in [4.78, 5) is 26.4. The highest BCUT2D eigenvalue weighted by molar-refractivity contribution is 6.32. The molecular weight excluding hydrogens is 399 g/mol. The summed E-state index contributed by atoms with van der Waals surface area (Å²) in [6, 6.07) is 8.68. The van der Waals surface area contributed by atoms with Crippen molar-refractivity contribution in [3.63, 3.8) is 0 Å². The zero-order valence-corrected chi connectivity index (χ0v) is 17.2. The number of H-pyrrole nitrogens is 1. The number of carbonyl (C=O) groups excluding carboxylic acids is 1. The Morgan fingerprint density at radius 2 is 2.00 bits per heavy atom. The van der Waals surface area contributed by atoms with Crippen LogP contribution in [0.3, 0.4) is 0 Å². The third-order valence-electron chi connectivity index (χ3n) is 4.36. The normalized spacial score (nSPS) is 17.1. The fourth-order valence-corrected chi connectivity index (χ4v) is 3.31. The molecule has 1 saturated heterocycles. The molecule has 2 N–H and O–H groups in total. The number of aromatic amines is 1. The van der Waals surface area contributed by atoms with E-state index in [1.807, 2.05) is 18.2 Å². The molecule has 1 aromatic heterocycles. The number of nitrogens with one attached hydrogen (secondary N) is 2. The summed E-state index contributed by atoms with van der Waals surface area (Å²) in [7, 11) is 0. The molecule has 28 heavy (non-hydrogen) atoms. The van der Waals surface area contributed by atoms with Crippen molar-refractivity contribution >= 4 is 34.7 Å². The number of carbonyl (C=O) groups is 1. The number of pyridine rings is 1. The number of rotatable bonds is 6. The molecule has 1 fully saturated rings. The molecule has 148 valence electrons. The topological polar surface area (TPSA) is 71.2 Å². The van der Waals surface area contributed by atoms with E-state index < -0.39 is 0 Å². The van der Waals surface area contributed by atoms with Gasteiger partial charge in [0.25, 0.3) is 5.56 Å². The average molecular weight is 421 g/mol. The van der Waals surface area contributed by atoms with Gasteiger partial charge in [-0.15, -0.1) is 0 Å². The first kappa shape index (κ1) is 20.5. The fraction of sp³-hybridized carbons (Fsp3) is 0.333. The fourth-order valence-electron chi connectivity index (χ4n) is 2.96. The predicted molar refractivity (Wildman–Crippen MR) is 112 cm³/mol. The van der Waals surface area contributed by atoms with E-state index in [4.69, 9.17) is 27.9 Å². The number of aromatic nitrogens is 1. The summed E-state index contributed by atoms with van der Waals surface area (Å²) < 4.78 is 5.74. The van der Waals surface area contributed by atoms with Crippen LogP contribution in [0.25, 0.3) is 5.57 Å². The molecule has 7 heteroatoms. The van der Waals surface area contributed by atoms with Gasteiger partial charge in [0.05, 0.1) is 11.6 Å². The molecule has 1 aliphatic rings. The van der Waals surface area contributed by atoms with Gasteiger partial charge in [-0.25, -0.2) is 0 Å². The second-order valence-electron chi connectivity index (χ2n) is 7.19. The van der Waals surface area contributed by atoms with Gasteiger partial charge in [-0.1, -0.05) is 49.2 Å². The lowest BCUT2D eigenvalue weighted by Gasteiger charge is -2.15. The third kappa shape index (κ3) is 4.97. The summed E-state index contributed by atoms with van der Waals surface area (Å²) in [6.07, 6.45) is 3.11. The lowest BCUT2D eigenvalue weighted by atomic mass is 9.99. The molecule has 0 bridgehead atoms. The van der Waals surface area contributed by atoms with Crippen LogP contribution in [0.2, 0.25) is 10.0 Å². The van der Waals surface area contributed by atoms with Crippen LogP contribution in [0.5, 0.6) is 5.75 Å². The zero-order valence-electron chi connectivity index (χ0n) is 15.7. The number of ether oxygens (including phenoxy) is 1. The maximum absolute atomic E-state index is 12.0. The second-order valence-corrected chi connectivity index (χ2v) is 8.01. The number of hydrogen-bond acceptors (Lipinski definition) is 3. The smallest absolute Gasteiger partial charge is 0.267 e. The Kier molecular flexibility index (Phi) is 6.47. The first-order valence-corrected chi connectivity index (χ1v) is 9.92. The lowest BCUT2D eigenvalue weighted by Crippen LogP contribution is -2.23. The number of hydrogen-bond donors (Lipinski definition) is 2. The Morgan fingerprint density at radius 1 is 1.21 bits per heavy atom. The molecule has 2 heterocycles. The number of amides is 1. The lowest BCUT2D eigenvalue weighted by molar-refractivity contribution is -0.119. The van der Waals surface area contributed by atoms with Crippen molar-refractivity contribution in [1.29, 1.82) is 0 Å². The second kappa shape index (κ2) is 8.84. The summed E-state index contributed by atoms with van der Waals surface area (Å²) in [5.74, 6) is 1.01. The van der Waals surface area contributed by atoms with E-state index in [9.17, 15) is 9.59 Å². The Bertz CT molecular complexity index is 966. The van der Waals surface area contributed by atoms with Crippen LogP contribution in [0.1, 0.15) is 37.9 Å². The highest BCUT2D eigenvalue weighted by Crippen LogP contribution is 2.31. The monoisotopic (exact) mass is 420 g/mol. The van der Waals surface area contributed by atoms with Crippen LogP contribution in [-0.4, -0.2) is 23.5 Å². The van der Waals surface area contributed by atoms with Crippen molar-refractivity contribution in [2.45, 2.75) is 32.7 Å². The molecule has 1 amide bonds. The summed E-state index contributed by atoms with van der Waals surface area (Å²) in [5, 5.41) is 3.52. The summed E-state index contributed by atoms with van der Waals surface area (Å²) in [5.41, 5.74) is 1.80. The molecule has 0 spiro atoms. The first-order valence-electron chi connectivity index (χ1n) is 9.16. The van der Waals surface area contributed by atoms with Gasteiger partial charge in [0.1, 0.15) is 10.8 Å². The molecule has 2 aromatic rings. The minimum Gasteiger partial charge on any atom is -0.492 e. The van der Waals surface area contributed by atoms with Crippen molar-refractivity contribution < 1.29 is 9.53 Å². The van der Waals surface area contributed by atoms with E-state index in [-0.39, 0.29) is 22.5 Å². The van der Waals surface area contributed by atoms with Crippen LogP contribution in [0.15, 0.2) is 41.2 Å². The van der Waals surface area contributed by atoms with Crippen molar-refractivity contribution in [3.8, 4) is 5.75 Å². The van der Waals surface area contributed by atoms with E-state index >= 15 is 0 Å². The largest absolute Gasteiger partial charge is 0.492 e. The molecule has 3 rings (SSSR count). The molecule has 0 radical (unpaired) electrons. The zero-order chi connectivity index (χ0) is 20.3. The van der Waals surface area contributed by atoms with E-state index in [1.165, 1.54) is 0 Å². The van der Waals surface area contributed by atoms with Crippen LogP contribution in [0, 0.1) is 5.92 Å². The predicted octanol–water partition coefficient (Wildman–Crippen LogP) is 4.43. The van der Waals surface area contributed by atoms with E-state index in [1.54, 1.807) is 18.2 Å². The third-order valence-corrected chi connectivity index (χ3v) is 4.96. The minimum atomic E-state index is -0.372. The van der Waals surface area contributed by atoms with Gasteiger partial charge in [0.2, 0.25) is 5.91 Å². The average Bonchev–Trinajstić information content (AvgIpc) is 3.06. The van der Waals surface area contributed by atoms with Crippen molar-refractivity contribution in [2.75, 3.05) is 6.61 Å². The maximum Gasteiger partial charge on any atom is 0.267 e. The standard InChI is InChI=1S/C21H22Cl2N2O3/c1-12(2)11-28-19-7-3-13(9-17(19)23)15(10-14-4-8-20(26)24-14)18-6-5-16(22)21(27)25-18/h3,5-7,9-10,12,14H,4,8,11H2,1-2H3,(H,24,26)(H,25,27)/b15-10+/t14-/m1/s1. The minimum absolute atomic E-state index is 0.0145. The van der Waals surface area contributed by atoms with Gasteiger partial charge in [-0.2, -0.15) is 0 Å². The highest BCUT2D eigenvalue weighted by atomic mass is 35.5. The van der Waals surface area contributed by atoms with Crippen LogP contribution in [0.4, 0.5) is 0 Å². The quantitative estimate of drug-likeness (QED) is 0.725. The molecule has 0 saturated carbocycles. The van der Waals surface area contributed by atoms with E-state index in [0.29, 0.717) is 41.8 Å². The van der Waals surface area contributed by atoms with Crippen molar-refractivity contribution in [3.05, 3.63) is 68.1 Å². The van der Waals surface area contributed by atoms with Gasteiger partial charge < -0.3 is 15.0 Å². The molecule has 1 atom stereocenters. The van der Waals surface area contributed by atoms with Crippen LogP contribution < -0.4 is 15.6 Å². The van der Waals surface area contributed by atoms with Crippen LogP contribution in [-0.2, 0) is 4.79 Å². The van der Waals surface area contributed by atoms with Gasteiger partial charge in [-0.05, 0) is 42.2 Å². The van der Waals surface area contributed by atoms with Crippen molar-refractivity contribution in [1.82, 2.24) is 10.3 Å². The SMILES string of the molecule is CC(C)COc1ccc(/C(=C\[C@H]2CCC(=O)N2)c2ccc(Cl)c(=O)[nH]2)cc1Cl. The Labute approximate surface area is 173 Å². The number of benzene rings is 1. The van der Waals surface area contributed by atoms with Crippen molar-refractivity contribution in [2.24, 2.45) is 5.92 Å². The molecule has 0 unspecified atom stereocenters. The summed E-state index contributed by atoms with van der Waals surface area (Å²) in [6.45, 7) is 4.70. The molecule has 1 aromatic carbocycles. The van der Waals surface area contributed by atoms with Gasteiger partial charge in [0, 0.05) is 23.7 Å². The first-order chi connectivity index (χ1) is 13.3. The molecule has 0 aliphatic carbocycles. The Morgan fingerprint density at radius 3 is 2.61 bits per heavy atom. The van der Waals surface area contributed by atoms with Gasteiger partial charge >= 0.3 is 0 Å². The maximum atomic E-state index is 12.0. The molecule has 5 nitrogen and oxygen atoms in total. The van der Waals surface area contributed by atoms with Crippen LogP contribution >= 0.6 is 23.2 Å². The Balaban J connectivity index is 2.00. The molecular formula is C21H22Cl2N2O3. The van der Waals surface area contributed by atoms with Gasteiger partial charge in [0.15, 0.2) is 0 Å². The van der Waals surface area contributed by atoms with E-state index in [0.717, 1.165) is 11.1 Å².